The van der Waals surface area contributed by atoms with Crippen molar-refractivity contribution in [2.45, 2.75) is 45.4 Å². The first-order chi connectivity index (χ1) is 8.00. The van der Waals surface area contributed by atoms with E-state index in [9.17, 15) is 4.79 Å². The Bertz CT molecular complexity index is 245. The predicted octanol–water partition coefficient (Wildman–Crippen LogP) is 0.707. The molecule has 0 amide bonds. The van der Waals surface area contributed by atoms with Crippen LogP contribution < -0.4 is 5.73 Å². The highest BCUT2D eigenvalue weighted by Gasteiger charge is 2.27. The molecule has 2 N–H and O–H groups in total. The van der Waals surface area contributed by atoms with E-state index in [0.29, 0.717) is 25.6 Å². The average Bonchev–Trinajstić information content (AvgIpc) is 2.30. The van der Waals surface area contributed by atoms with E-state index in [1.165, 1.54) is 0 Å². The molecule has 1 heterocycles. The number of nitrogens with two attached hydrogens (primary N) is 1. The molecular formula is C12H23NO4. The first-order valence-electron chi connectivity index (χ1n) is 6.16. The Morgan fingerprint density at radius 2 is 2.24 bits per heavy atom. The van der Waals surface area contributed by atoms with Crippen LogP contribution in [0.5, 0.6) is 0 Å². The molecule has 5 nitrogen and oxygen atoms in total. The van der Waals surface area contributed by atoms with E-state index in [0.717, 1.165) is 0 Å². The van der Waals surface area contributed by atoms with Gasteiger partial charge in [0.25, 0.3) is 0 Å². The number of hydrogen-bond donors (Lipinski definition) is 1. The zero-order chi connectivity index (χ0) is 12.8. The highest BCUT2D eigenvalue weighted by molar-refractivity contribution is 5.75. The molecule has 17 heavy (non-hydrogen) atoms. The van der Waals surface area contributed by atoms with Crippen LogP contribution in [0.25, 0.3) is 0 Å². The van der Waals surface area contributed by atoms with Crippen molar-refractivity contribution in [3.63, 3.8) is 0 Å². The molecule has 0 radical (unpaired) electrons. The number of cyclic esters (lactones) is 1. The normalized spacial score (nSPS) is 31.6. The molecule has 3 atom stereocenters. The molecule has 0 aliphatic carbocycles. The molecule has 0 bridgehead atoms. The standard InChI is InChI=1S/C12H23NO4/c1-8(2)6-16-11-4-5-15-7-10(13)12(14)17-9(11)3/h8-11H,4-7,13H2,1-3H3/t9-,10-,11+/m0/s1. The van der Waals surface area contributed by atoms with E-state index in [1.807, 2.05) is 6.92 Å². The molecule has 1 rings (SSSR count). The van der Waals surface area contributed by atoms with Crippen LogP contribution in [0.4, 0.5) is 0 Å². The summed E-state index contributed by atoms with van der Waals surface area (Å²) in [6, 6.07) is -0.693. The fourth-order valence-corrected chi connectivity index (χ4v) is 1.59. The van der Waals surface area contributed by atoms with Gasteiger partial charge in [0.2, 0.25) is 0 Å². The lowest BCUT2D eigenvalue weighted by molar-refractivity contribution is -0.157. The molecule has 5 heteroatoms. The van der Waals surface area contributed by atoms with Gasteiger partial charge in [-0.2, -0.15) is 0 Å². The first kappa shape index (κ1) is 14.4. The maximum atomic E-state index is 11.5. The topological polar surface area (TPSA) is 70.8 Å². The zero-order valence-corrected chi connectivity index (χ0v) is 10.8. The number of hydrogen-bond acceptors (Lipinski definition) is 5. The largest absolute Gasteiger partial charge is 0.459 e. The summed E-state index contributed by atoms with van der Waals surface area (Å²) in [5, 5.41) is 0. The van der Waals surface area contributed by atoms with Gasteiger partial charge in [-0.1, -0.05) is 13.8 Å². The van der Waals surface area contributed by atoms with Crippen molar-refractivity contribution in [1.82, 2.24) is 0 Å². The van der Waals surface area contributed by atoms with Crippen molar-refractivity contribution in [3.8, 4) is 0 Å². The third kappa shape index (κ3) is 5.02. The lowest BCUT2D eigenvalue weighted by atomic mass is 10.1. The van der Waals surface area contributed by atoms with Crippen molar-refractivity contribution in [2.24, 2.45) is 11.7 Å². The second-order valence-corrected chi connectivity index (χ2v) is 4.88. The van der Waals surface area contributed by atoms with Crippen molar-refractivity contribution in [1.29, 1.82) is 0 Å². The molecule has 1 aliphatic rings. The Hall–Kier alpha value is -0.650. The highest BCUT2D eigenvalue weighted by Crippen LogP contribution is 2.13. The number of rotatable bonds is 3. The van der Waals surface area contributed by atoms with E-state index in [4.69, 9.17) is 19.9 Å². The molecule has 1 aliphatic heterocycles. The van der Waals surface area contributed by atoms with Crippen LogP contribution in [0.1, 0.15) is 27.2 Å². The van der Waals surface area contributed by atoms with Gasteiger partial charge < -0.3 is 19.9 Å². The molecule has 1 saturated heterocycles. The Balaban J connectivity index is 2.53. The zero-order valence-electron chi connectivity index (χ0n) is 10.8. The Morgan fingerprint density at radius 3 is 2.88 bits per heavy atom. The van der Waals surface area contributed by atoms with Crippen LogP contribution in [0.3, 0.4) is 0 Å². The van der Waals surface area contributed by atoms with Crippen molar-refractivity contribution < 1.29 is 19.0 Å². The van der Waals surface area contributed by atoms with Gasteiger partial charge in [-0.3, -0.25) is 4.79 Å². The summed E-state index contributed by atoms with van der Waals surface area (Å²) < 4.78 is 16.3. The van der Waals surface area contributed by atoms with E-state index < -0.39 is 12.0 Å². The maximum absolute atomic E-state index is 11.5. The summed E-state index contributed by atoms with van der Waals surface area (Å²) >= 11 is 0. The first-order valence-corrected chi connectivity index (χ1v) is 6.16. The summed E-state index contributed by atoms with van der Waals surface area (Å²) in [7, 11) is 0. The van der Waals surface area contributed by atoms with Gasteiger partial charge in [0.15, 0.2) is 0 Å². The quantitative estimate of drug-likeness (QED) is 0.741. The molecule has 0 aromatic rings. The molecule has 100 valence electrons. The SMILES string of the molecule is CC(C)CO[C@@H]1CCOC[C@H](N)C(=O)O[C@H]1C. The van der Waals surface area contributed by atoms with Gasteiger partial charge in [0.1, 0.15) is 12.1 Å². The van der Waals surface area contributed by atoms with Crippen LogP contribution in [0, 0.1) is 5.92 Å². The van der Waals surface area contributed by atoms with E-state index in [-0.39, 0.29) is 18.8 Å². The van der Waals surface area contributed by atoms with Crippen molar-refractivity contribution >= 4 is 5.97 Å². The van der Waals surface area contributed by atoms with Crippen molar-refractivity contribution in [3.05, 3.63) is 0 Å². The minimum Gasteiger partial charge on any atom is -0.459 e. The molecule has 0 spiro atoms. The molecule has 0 unspecified atom stereocenters. The van der Waals surface area contributed by atoms with Gasteiger partial charge in [0, 0.05) is 19.6 Å². The lowest BCUT2D eigenvalue weighted by Crippen LogP contribution is -2.39. The number of esters is 1. The Labute approximate surface area is 103 Å². The smallest absolute Gasteiger partial charge is 0.325 e. The predicted molar refractivity (Wildman–Crippen MR) is 63.5 cm³/mol. The molecule has 0 saturated carbocycles. The minimum atomic E-state index is -0.693. The van der Waals surface area contributed by atoms with Crippen LogP contribution >= 0.6 is 0 Å². The van der Waals surface area contributed by atoms with E-state index >= 15 is 0 Å². The van der Waals surface area contributed by atoms with Crippen LogP contribution in [0.2, 0.25) is 0 Å². The van der Waals surface area contributed by atoms with Crippen LogP contribution in [-0.2, 0) is 19.0 Å². The number of carbonyl (C=O) groups excluding carboxylic acids is 1. The molecule has 0 aromatic heterocycles. The van der Waals surface area contributed by atoms with Crippen molar-refractivity contribution in [2.75, 3.05) is 19.8 Å². The maximum Gasteiger partial charge on any atom is 0.325 e. The van der Waals surface area contributed by atoms with Gasteiger partial charge in [-0.25, -0.2) is 0 Å². The van der Waals surface area contributed by atoms with E-state index in [1.54, 1.807) is 0 Å². The van der Waals surface area contributed by atoms with Gasteiger partial charge >= 0.3 is 5.97 Å². The number of carbonyl (C=O) groups is 1. The summed E-state index contributed by atoms with van der Waals surface area (Å²) in [6.45, 7) is 7.40. The molecular weight excluding hydrogens is 222 g/mol. The minimum absolute atomic E-state index is 0.119. The number of ether oxygens (including phenoxy) is 3. The second-order valence-electron chi connectivity index (χ2n) is 4.88. The Morgan fingerprint density at radius 1 is 1.53 bits per heavy atom. The van der Waals surface area contributed by atoms with Gasteiger partial charge in [-0.15, -0.1) is 0 Å². The second kappa shape index (κ2) is 6.93. The summed E-state index contributed by atoms with van der Waals surface area (Å²) in [4.78, 5) is 11.5. The van der Waals surface area contributed by atoms with Crippen LogP contribution in [0.15, 0.2) is 0 Å². The molecule has 1 fully saturated rings. The van der Waals surface area contributed by atoms with Crippen LogP contribution in [-0.4, -0.2) is 44.0 Å². The lowest BCUT2D eigenvalue weighted by Gasteiger charge is -2.24. The molecule has 0 aromatic carbocycles. The monoisotopic (exact) mass is 245 g/mol. The highest BCUT2D eigenvalue weighted by atomic mass is 16.6. The third-order valence-corrected chi connectivity index (χ3v) is 2.62. The van der Waals surface area contributed by atoms with E-state index in [2.05, 4.69) is 13.8 Å². The fourth-order valence-electron chi connectivity index (χ4n) is 1.59. The Kier molecular flexibility index (Phi) is 5.88. The van der Waals surface area contributed by atoms with Gasteiger partial charge in [-0.05, 0) is 12.8 Å². The van der Waals surface area contributed by atoms with Gasteiger partial charge in [0.05, 0.1) is 12.7 Å². The summed E-state index contributed by atoms with van der Waals surface area (Å²) in [5.74, 6) is 0.0336. The third-order valence-electron chi connectivity index (χ3n) is 2.62. The summed E-state index contributed by atoms with van der Waals surface area (Å²) in [6.07, 6.45) is 0.314. The fraction of sp³-hybridized carbons (Fsp3) is 0.917. The average molecular weight is 245 g/mol. The summed E-state index contributed by atoms with van der Waals surface area (Å²) in [5.41, 5.74) is 5.61.